The zero-order valence-corrected chi connectivity index (χ0v) is 15.1. The first-order chi connectivity index (χ1) is 12.6. The second kappa shape index (κ2) is 6.89. The van der Waals surface area contributed by atoms with E-state index < -0.39 is 0 Å². The van der Waals surface area contributed by atoms with Gasteiger partial charge in [-0.25, -0.2) is 4.98 Å². The summed E-state index contributed by atoms with van der Waals surface area (Å²) in [6.45, 7) is 3.76. The quantitative estimate of drug-likeness (QED) is 0.515. The van der Waals surface area contributed by atoms with Crippen LogP contribution >= 0.6 is 23.5 Å². The Balaban J connectivity index is 1.52. The molecule has 1 N–H and O–H groups in total. The van der Waals surface area contributed by atoms with Crippen molar-refractivity contribution in [1.82, 2.24) is 14.9 Å². The molecule has 0 bridgehead atoms. The number of rotatable bonds is 5. The molecule has 1 aliphatic rings. The van der Waals surface area contributed by atoms with Crippen LogP contribution in [0.1, 0.15) is 5.76 Å². The van der Waals surface area contributed by atoms with Crippen LogP contribution in [0, 0.1) is 0 Å². The van der Waals surface area contributed by atoms with Crippen LogP contribution in [-0.2, 0) is 4.79 Å². The number of nitrogens with one attached hydrogen (secondary N) is 1. The Morgan fingerprint density at radius 3 is 2.92 bits per heavy atom. The van der Waals surface area contributed by atoms with E-state index in [0.29, 0.717) is 15.8 Å². The van der Waals surface area contributed by atoms with E-state index in [1.165, 1.54) is 17.8 Å². The standard InChI is InChI=1S/C18H13N3O3S2/c1-2-9-21-16(22)14(25-18(21)23)10-11-7-8-15(24-11)26-17-19-12-5-3-4-6-13(12)20-17/h2-8,10H,1,9H2,(H,19,20)/b14-10-. The van der Waals surface area contributed by atoms with E-state index in [4.69, 9.17) is 4.42 Å². The number of benzene rings is 1. The third-order valence-corrected chi connectivity index (χ3v) is 5.34. The predicted octanol–water partition coefficient (Wildman–Crippen LogP) is 4.53. The number of aromatic amines is 1. The number of hydrogen-bond acceptors (Lipinski definition) is 6. The van der Waals surface area contributed by atoms with Crippen molar-refractivity contribution in [2.45, 2.75) is 10.2 Å². The van der Waals surface area contributed by atoms with Crippen molar-refractivity contribution in [3.8, 4) is 0 Å². The first-order valence-electron chi connectivity index (χ1n) is 7.73. The monoisotopic (exact) mass is 383 g/mol. The van der Waals surface area contributed by atoms with Gasteiger partial charge in [-0.15, -0.1) is 6.58 Å². The number of carbonyl (C=O) groups is 2. The van der Waals surface area contributed by atoms with E-state index in [2.05, 4.69) is 16.5 Å². The van der Waals surface area contributed by atoms with Crippen molar-refractivity contribution in [1.29, 1.82) is 0 Å². The molecule has 26 heavy (non-hydrogen) atoms. The number of imide groups is 1. The Morgan fingerprint density at radius 1 is 1.27 bits per heavy atom. The van der Waals surface area contributed by atoms with Gasteiger partial charge in [0, 0.05) is 12.6 Å². The van der Waals surface area contributed by atoms with Gasteiger partial charge in [0.1, 0.15) is 5.76 Å². The normalized spacial score (nSPS) is 16.2. The van der Waals surface area contributed by atoms with Gasteiger partial charge in [0.05, 0.1) is 15.9 Å². The third kappa shape index (κ3) is 3.21. The predicted molar refractivity (Wildman–Crippen MR) is 102 cm³/mol. The van der Waals surface area contributed by atoms with Gasteiger partial charge in [0.2, 0.25) is 0 Å². The maximum atomic E-state index is 12.2. The largest absolute Gasteiger partial charge is 0.450 e. The highest BCUT2D eigenvalue weighted by Crippen LogP contribution is 2.34. The Morgan fingerprint density at radius 2 is 2.12 bits per heavy atom. The summed E-state index contributed by atoms with van der Waals surface area (Å²) in [4.78, 5) is 33.2. The molecule has 1 saturated heterocycles. The lowest BCUT2D eigenvalue weighted by atomic mass is 10.3. The molecule has 2 amide bonds. The molecule has 1 aromatic carbocycles. The van der Waals surface area contributed by atoms with E-state index in [0.717, 1.165) is 32.9 Å². The highest BCUT2D eigenvalue weighted by atomic mass is 32.2. The van der Waals surface area contributed by atoms with Crippen LogP contribution in [0.25, 0.3) is 17.1 Å². The number of nitrogens with zero attached hydrogens (tertiary/aromatic N) is 2. The molecule has 0 radical (unpaired) electrons. The maximum Gasteiger partial charge on any atom is 0.293 e. The number of fused-ring (bicyclic) bond motifs is 1. The van der Waals surface area contributed by atoms with Crippen LogP contribution in [0.15, 0.2) is 68.6 Å². The molecule has 0 aliphatic carbocycles. The first-order valence-corrected chi connectivity index (χ1v) is 9.36. The molecule has 3 heterocycles. The van der Waals surface area contributed by atoms with Crippen molar-refractivity contribution >= 4 is 51.8 Å². The van der Waals surface area contributed by atoms with Gasteiger partial charge in [0.15, 0.2) is 10.2 Å². The average molecular weight is 383 g/mol. The maximum absolute atomic E-state index is 12.2. The Bertz CT molecular complexity index is 1020. The molecule has 2 aromatic heterocycles. The summed E-state index contributed by atoms with van der Waals surface area (Å²) in [5.41, 5.74) is 1.84. The molecule has 6 nitrogen and oxygen atoms in total. The lowest BCUT2D eigenvalue weighted by Crippen LogP contribution is -2.27. The molecule has 0 atom stereocenters. The van der Waals surface area contributed by atoms with Crippen molar-refractivity contribution in [2.24, 2.45) is 0 Å². The number of amides is 2. The molecule has 0 saturated carbocycles. The second-order valence-corrected chi connectivity index (χ2v) is 7.39. The number of thioether (sulfide) groups is 1. The fraction of sp³-hybridized carbons (Fsp3) is 0.0556. The molecule has 0 unspecified atom stereocenters. The topological polar surface area (TPSA) is 79.2 Å². The van der Waals surface area contributed by atoms with Gasteiger partial charge in [0.25, 0.3) is 11.1 Å². The van der Waals surface area contributed by atoms with Crippen LogP contribution in [0.2, 0.25) is 0 Å². The van der Waals surface area contributed by atoms with E-state index in [-0.39, 0.29) is 17.7 Å². The number of carbonyl (C=O) groups excluding carboxylic acids is 2. The Hall–Kier alpha value is -2.71. The summed E-state index contributed by atoms with van der Waals surface area (Å²) in [5, 5.41) is 1.06. The van der Waals surface area contributed by atoms with Crippen LogP contribution in [0.3, 0.4) is 0 Å². The van der Waals surface area contributed by atoms with Crippen molar-refractivity contribution < 1.29 is 14.0 Å². The van der Waals surface area contributed by atoms with Gasteiger partial charge < -0.3 is 9.40 Å². The molecular formula is C18H13N3O3S2. The number of furan rings is 1. The molecule has 4 rings (SSSR count). The van der Waals surface area contributed by atoms with Crippen molar-refractivity contribution in [3.05, 3.63) is 59.7 Å². The SMILES string of the molecule is C=CCN1C(=O)S/C(=C\c2ccc(Sc3nc4ccccc4[nH]3)o2)C1=O. The van der Waals surface area contributed by atoms with Crippen LogP contribution in [-0.4, -0.2) is 32.6 Å². The summed E-state index contributed by atoms with van der Waals surface area (Å²) in [6.07, 6.45) is 3.10. The van der Waals surface area contributed by atoms with E-state index in [9.17, 15) is 9.59 Å². The third-order valence-electron chi connectivity index (χ3n) is 3.63. The summed E-state index contributed by atoms with van der Waals surface area (Å²) < 4.78 is 5.74. The van der Waals surface area contributed by atoms with Crippen LogP contribution in [0.4, 0.5) is 4.79 Å². The fourth-order valence-electron chi connectivity index (χ4n) is 2.46. The smallest absolute Gasteiger partial charge is 0.293 e. The summed E-state index contributed by atoms with van der Waals surface area (Å²) in [6, 6.07) is 11.3. The van der Waals surface area contributed by atoms with Gasteiger partial charge in [-0.1, -0.05) is 18.2 Å². The summed E-state index contributed by atoms with van der Waals surface area (Å²) in [7, 11) is 0. The zero-order valence-electron chi connectivity index (χ0n) is 13.5. The minimum Gasteiger partial charge on any atom is -0.450 e. The average Bonchev–Trinajstić information content (AvgIpc) is 3.30. The minimum atomic E-state index is -0.331. The first kappa shape index (κ1) is 16.7. The van der Waals surface area contributed by atoms with Crippen molar-refractivity contribution in [3.63, 3.8) is 0 Å². The molecule has 8 heteroatoms. The zero-order chi connectivity index (χ0) is 18.1. The lowest BCUT2D eigenvalue weighted by Gasteiger charge is -2.07. The van der Waals surface area contributed by atoms with Gasteiger partial charge in [-0.05, 0) is 47.8 Å². The molecule has 1 aliphatic heterocycles. The Kier molecular flexibility index (Phi) is 4.44. The molecular weight excluding hydrogens is 370 g/mol. The van der Waals surface area contributed by atoms with E-state index in [1.807, 2.05) is 24.3 Å². The minimum absolute atomic E-state index is 0.202. The highest BCUT2D eigenvalue weighted by Gasteiger charge is 2.34. The number of hydrogen-bond donors (Lipinski definition) is 1. The number of imidazole rings is 1. The molecule has 130 valence electrons. The van der Waals surface area contributed by atoms with Gasteiger partial charge >= 0.3 is 0 Å². The number of aromatic nitrogens is 2. The highest BCUT2D eigenvalue weighted by molar-refractivity contribution is 8.18. The second-order valence-electron chi connectivity index (χ2n) is 5.40. The Labute approximate surface area is 157 Å². The molecule has 3 aromatic rings. The van der Waals surface area contributed by atoms with E-state index in [1.54, 1.807) is 18.2 Å². The number of para-hydroxylation sites is 2. The van der Waals surface area contributed by atoms with Gasteiger partial charge in [-0.3, -0.25) is 14.5 Å². The fourth-order valence-corrected chi connectivity index (χ4v) is 4.05. The van der Waals surface area contributed by atoms with Crippen LogP contribution in [0.5, 0.6) is 0 Å². The summed E-state index contributed by atoms with van der Waals surface area (Å²) in [5.74, 6) is 0.176. The van der Waals surface area contributed by atoms with Crippen LogP contribution < -0.4 is 0 Å². The molecule has 1 fully saturated rings. The van der Waals surface area contributed by atoms with E-state index >= 15 is 0 Å². The molecule has 0 spiro atoms. The van der Waals surface area contributed by atoms with Crippen molar-refractivity contribution in [2.75, 3.05) is 6.54 Å². The number of H-pyrrole nitrogens is 1. The lowest BCUT2D eigenvalue weighted by molar-refractivity contribution is -0.122. The summed E-state index contributed by atoms with van der Waals surface area (Å²) >= 11 is 2.26. The van der Waals surface area contributed by atoms with Gasteiger partial charge in [-0.2, -0.15) is 0 Å².